The molecule has 3 aromatic rings. The van der Waals surface area contributed by atoms with Gasteiger partial charge in [-0.1, -0.05) is 12.1 Å². The average Bonchev–Trinajstić information content (AvgIpc) is 3.18. The van der Waals surface area contributed by atoms with Gasteiger partial charge in [0.1, 0.15) is 11.0 Å². The van der Waals surface area contributed by atoms with E-state index in [-0.39, 0.29) is 19.1 Å². The summed E-state index contributed by atoms with van der Waals surface area (Å²) in [7, 11) is 0. The lowest BCUT2D eigenvalue weighted by molar-refractivity contribution is -0.137. The smallest absolute Gasteiger partial charge is 0.368 e. The lowest BCUT2D eigenvalue weighted by atomic mass is 10.0. The lowest BCUT2D eigenvalue weighted by Crippen LogP contribution is -2.42. The average molecular weight is 434 g/mol. The Balaban J connectivity index is 1.64. The largest absolute Gasteiger partial charge is 0.416 e. The molecule has 1 aromatic carbocycles. The SMILES string of the molecule is Cc1ncsc1C(=O)N1CCO[C@H](c2nccnc2-c2cccc(C(F)(F)F)c2)C1. The van der Waals surface area contributed by atoms with Gasteiger partial charge in [0, 0.05) is 24.5 Å². The van der Waals surface area contributed by atoms with E-state index in [2.05, 4.69) is 15.0 Å². The number of hydrogen-bond donors (Lipinski definition) is 0. The van der Waals surface area contributed by atoms with Crippen molar-refractivity contribution in [3.05, 3.63) is 64.0 Å². The third-order valence-corrected chi connectivity index (χ3v) is 5.70. The van der Waals surface area contributed by atoms with Crippen LogP contribution in [0.3, 0.4) is 0 Å². The van der Waals surface area contributed by atoms with Crippen molar-refractivity contribution in [2.45, 2.75) is 19.2 Å². The minimum atomic E-state index is -4.46. The molecular weight excluding hydrogens is 417 g/mol. The van der Waals surface area contributed by atoms with Crippen molar-refractivity contribution in [2.24, 2.45) is 0 Å². The van der Waals surface area contributed by atoms with Crippen molar-refractivity contribution in [3.63, 3.8) is 0 Å². The van der Waals surface area contributed by atoms with Crippen molar-refractivity contribution in [3.8, 4) is 11.3 Å². The van der Waals surface area contributed by atoms with Crippen molar-refractivity contribution in [1.82, 2.24) is 19.9 Å². The van der Waals surface area contributed by atoms with Gasteiger partial charge < -0.3 is 9.64 Å². The summed E-state index contributed by atoms with van der Waals surface area (Å²) in [6.45, 7) is 2.69. The number of hydrogen-bond acceptors (Lipinski definition) is 6. The monoisotopic (exact) mass is 434 g/mol. The number of benzene rings is 1. The maximum atomic E-state index is 13.1. The Bertz CT molecular complexity index is 1070. The first-order valence-electron chi connectivity index (χ1n) is 9.14. The molecule has 30 heavy (non-hydrogen) atoms. The zero-order valence-corrected chi connectivity index (χ0v) is 16.7. The van der Waals surface area contributed by atoms with Gasteiger partial charge in [0.05, 0.1) is 41.3 Å². The second-order valence-corrected chi connectivity index (χ2v) is 7.60. The van der Waals surface area contributed by atoms with Gasteiger partial charge in [-0.15, -0.1) is 11.3 Å². The molecule has 0 spiro atoms. The molecule has 1 amide bonds. The Labute approximate surface area is 174 Å². The van der Waals surface area contributed by atoms with Gasteiger partial charge in [0.2, 0.25) is 0 Å². The third kappa shape index (κ3) is 4.05. The highest BCUT2D eigenvalue weighted by Crippen LogP contribution is 2.34. The van der Waals surface area contributed by atoms with Crippen LogP contribution < -0.4 is 0 Å². The Morgan fingerprint density at radius 1 is 1.23 bits per heavy atom. The highest BCUT2D eigenvalue weighted by atomic mass is 32.1. The number of carbonyl (C=O) groups is 1. The van der Waals surface area contributed by atoms with Crippen molar-refractivity contribution >= 4 is 17.2 Å². The molecule has 156 valence electrons. The van der Waals surface area contributed by atoms with Crippen LogP contribution in [0.15, 0.2) is 42.2 Å². The fraction of sp³-hybridized carbons (Fsp3) is 0.300. The van der Waals surface area contributed by atoms with Crippen LogP contribution in [0, 0.1) is 6.92 Å². The third-order valence-electron chi connectivity index (χ3n) is 4.79. The number of ether oxygens (including phenoxy) is 1. The number of aromatic nitrogens is 3. The van der Waals surface area contributed by atoms with E-state index in [0.29, 0.717) is 34.1 Å². The van der Waals surface area contributed by atoms with Gasteiger partial charge in [-0.05, 0) is 19.1 Å². The maximum absolute atomic E-state index is 13.1. The molecule has 0 aliphatic carbocycles. The first kappa shape index (κ1) is 20.4. The van der Waals surface area contributed by atoms with E-state index < -0.39 is 17.8 Å². The first-order chi connectivity index (χ1) is 14.3. The molecule has 1 aliphatic rings. The van der Waals surface area contributed by atoms with Crippen LogP contribution in [0.25, 0.3) is 11.3 Å². The highest BCUT2D eigenvalue weighted by molar-refractivity contribution is 7.11. The molecule has 1 atom stereocenters. The number of halogens is 3. The number of aryl methyl sites for hydroxylation is 1. The second-order valence-electron chi connectivity index (χ2n) is 6.75. The van der Waals surface area contributed by atoms with Gasteiger partial charge in [-0.2, -0.15) is 13.2 Å². The number of morpholine rings is 1. The normalized spacial score (nSPS) is 17.2. The summed E-state index contributed by atoms with van der Waals surface area (Å²) in [5.74, 6) is -0.146. The van der Waals surface area contributed by atoms with Gasteiger partial charge in [0.15, 0.2) is 0 Å². The van der Waals surface area contributed by atoms with Crippen LogP contribution in [0.4, 0.5) is 13.2 Å². The number of alkyl halides is 3. The molecule has 0 bridgehead atoms. The number of nitrogens with zero attached hydrogens (tertiary/aromatic N) is 4. The Hall–Kier alpha value is -2.85. The summed E-state index contributed by atoms with van der Waals surface area (Å²) in [6.07, 6.45) is -2.18. The predicted molar refractivity (Wildman–Crippen MR) is 104 cm³/mol. The van der Waals surface area contributed by atoms with Crippen LogP contribution in [0.2, 0.25) is 0 Å². The molecule has 10 heteroatoms. The van der Waals surface area contributed by atoms with Crippen LogP contribution in [0.5, 0.6) is 0 Å². The molecule has 0 saturated carbocycles. The lowest BCUT2D eigenvalue weighted by Gasteiger charge is -2.33. The summed E-state index contributed by atoms with van der Waals surface area (Å²) in [5, 5.41) is 0. The fourth-order valence-corrected chi connectivity index (χ4v) is 4.07. The van der Waals surface area contributed by atoms with E-state index in [1.54, 1.807) is 23.4 Å². The van der Waals surface area contributed by atoms with Gasteiger partial charge in [0.25, 0.3) is 5.91 Å². The molecule has 0 N–H and O–H groups in total. The van der Waals surface area contributed by atoms with Gasteiger partial charge in [-0.3, -0.25) is 14.8 Å². The molecule has 0 unspecified atom stereocenters. The summed E-state index contributed by atoms with van der Waals surface area (Å²) in [5.41, 5.74) is 2.51. The number of thiazole rings is 1. The molecule has 2 aromatic heterocycles. The number of amides is 1. The van der Waals surface area contributed by atoms with Crippen molar-refractivity contribution in [2.75, 3.05) is 19.7 Å². The Morgan fingerprint density at radius 3 is 2.77 bits per heavy atom. The van der Waals surface area contributed by atoms with Crippen LogP contribution in [0.1, 0.15) is 32.7 Å². The molecule has 4 rings (SSSR count). The summed E-state index contributed by atoms with van der Waals surface area (Å²) in [4.78, 5) is 27.8. The van der Waals surface area contributed by atoms with Crippen LogP contribution in [-0.2, 0) is 10.9 Å². The molecule has 1 saturated heterocycles. The van der Waals surface area contributed by atoms with Gasteiger partial charge >= 0.3 is 6.18 Å². The van der Waals surface area contributed by atoms with Crippen molar-refractivity contribution in [1.29, 1.82) is 0 Å². The minimum Gasteiger partial charge on any atom is -0.368 e. The van der Waals surface area contributed by atoms with E-state index in [1.165, 1.54) is 29.8 Å². The Morgan fingerprint density at radius 2 is 2.03 bits per heavy atom. The fourth-order valence-electron chi connectivity index (χ4n) is 3.30. The predicted octanol–water partition coefficient (Wildman–Crippen LogP) is 4.14. The molecule has 0 radical (unpaired) electrons. The quantitative estimate of drug-likeness (QED) is 0.620. The topological polar surface area (TPSA) is 68.2 Å². The van der Waals surface area contributed by atoms with E-state index in [9.17, 15) is 18.0 Å². The zero-order chi connectivity index (χ0) is 21.3. The summed E-state index contributed by atoms with van der Waals surface area (Å²) >= 11 is 1.27. The molecule has 1 aliphatic heterocycles. The van der Waals surface area contributed by atoms with Gasteiger partial charge in [-0.25, -0.2) is 4.98 Å². The number of rotatable bonds is 3. The van der Waals surface area contributed by atoms with E-state index >= 15 is 0 Å². The van der Waals surface area contributed by atoms with E-state index in [4.69, 9.17) is 4.74 Å². The van der Waals surface area contributed by atoms with Crippen molar-refractivity contribution < 1.29 is 22.7 Å². The van der Waals surface area contributed by atoms with Crippen LogP contribution >= 0.6 is 11.3 Å². The van der Waals surface area contributed by atoms with E-state index in [0.717, 1.165) is 12.1 Å². The standard InChI is InChI=1S/C20H17F3N4O2S/c1-12-18(30-11-26-12)19(28)27-7-8-29-15(10-27)17-16(24-5-6-25-17)13-3-2-4-14(9-13)20(21,22)23/h2-6,9,11,15H,7-8,10H2,1H3/t15-/m0/s1. The molecular formula is C20H17F3N4O2S. The molecule has 1 fully saturated rings. The second kappa shape index (κ2) is 8.11. The first-order valence-corrected chi connectivity index (χ1v) is 10.0. The molecule has 3 heterocycles. The summed E-state index contributed by atoms with van der Waals surface area (Å²) in [6, 6.07) is 4.93. The maximum Gasteiger partial charge on any atom is 0.416 e. The summed E-state index contributed by atoms with van der Waals surface area (Å²) < 4.78 is 45.2. The zero-order valence-electron chi connectivity index (χ0n) is 15.9. The van der Waals surface area contributed by atoms with E-state index in [1.807, 2.05) is 0 Å². The Kier molecular flexibility index (Phi) is 5.52. The number of carbonyl (C=O) groups excluding carboxylic acids is 1. The van der Waals surface area contributed by atoms with Crippen LogP contribution in [-0.4, -0.2) is 45.5 Å². The molecule has 6 nitrogen and oxygen atoms in total. The minimum absolute atomic E-state index is 0.146. The highest BCUT2D eigenvalue weighted by Gasteiger charge is 2.33.